The lowest BCUT2D eigenvalue weighted by molar-refractivity contribution is -0.139. The van der Waals surface area contributed by atoms with E-state index < -0.39 is 0 Å². The minimum atomic E-state index is -0.188. The van der Waals surface area contributed by atoms with E-state index in [4.69, 9.17) is 4.74 Å². The molecule has 3 nitrogen and oxygen atoms in total. The molecule has 0 saturated carbocycles. The van der Waals surface area contributed by atoms with Crippen LogP contribution in [-0.2, 0) is 16.1 Å². The number of thioether (sulfide) groups is 1. The van der Waals surface area contributed by atoms with Crippen molar-refractivity contribution in [2.75, 3.05) is 13.7 Å². The Labute approximate surface area is 107 Å². The first kappa shape index (κ1) is 14.1. The second-order valence-electron chi connectivity index (χ2n) is 3.71. The molecule has 0 aromatic heterocycles. The molecule has 0 aliphatic carbocycles. The van der Waals surface area contributed by atoms with Gasteiger partial charge in [0.15, 0.2) is 0 Å². The Morgan fingerprint density at radius 1 is 1.53 bits per heavy atom. The van der Waals surface area contributed by atoms with E-state index in [0.29, 0.717) is 0 Å². The number of ether oxygens (including phenoxy) is 1. The average Bonchev–Trinajstić information content (AvgIpc) is 2.35. The summed E-state index contributed by atoms with van der Waals surface area (Å²) >= 11 is 1.52. The molecule has 0 radical (unpaired) electrons. The van der Waals surface area contributed by atoms with Gasteiger partial charge in [-0.2, -0.15) is 0 Å². The number of benzene rings is 1. The Bertz CT molecular complexity index is 368. The summed E-state index contributed by atoms with van der Waals surface area (Å²) in [5, 5.41) is 3.11. The number of carbonyl (C=O) groups excluding carboxylic acids is 1. The fraction of sp³-hybridized carbons (Fsp3) is 0.462. The molecule has 0 saturated heterocycles. The SMILES string of the molecule is CCNCc1cccc(SC(C)C(=O)OC)c1. The van der Waals surface area contributed by atoms with Gasteiger partial charge in [0.1, 0.15) is 5.25 Å². The Kier molecular flexibility index (Phi) is 6.08. The van der Waals surface area contributed by atoms with Gasteiger partial charge in [0.25, 0.3) is 0 Å². The molecular weight excluding hydrogens is 234 g/mol. The smallest absolute Gasteiger partial charge is 0.318 e. The maximum absolute atomic E-state index is 11.3. The zero-order valence-electron chi connectivity index (χ0n) is 10.5. The third-order valence-corrected chi connectivity index (χ3v) is 3.40. The third-order valence-electron chi connectivity index (χ3n) is 2.32. The number of carbonyl (C=O) groups is 1. The summed E-state index contributed by atoms with van der Waals surface area (Å²) < 4.78 is 4.71. The first-order valence-corrected chi connectivity index (χ1v) is 6.59. The van der Waals surface area contributed by atoms with Crippen molar-refractivity contribution in [2.45, 2.75) is 30.5 Å². The van der Waals surface area contributed by atoms with Crippen molar-refractivity contribution < 1.29 is 9.53 Å². The van der Waals surface area contributed by atoms with E-state index >= 15 is 0 Å². The zero-order chi connectivity index (χ0) is 12.7. The minimum Gasteiger partial charge on any atom is -0.468 e. The van der Waals surface area contributed by atoms with Gasteiger partial charge < -0.3 is 10.1 Å². The van der Waals surface area contributed by atoms with Gasteiger partial charge in [0, 0.05) is 11.4 Å². The predicted molar refractivity (Wildman–Crippen MR) is 71.2 cm³/mol. The monoisotopic (exact) mass is 253 g/mol. The van der Waals surface area contributed by atoms with Gasteiger partial charge in [-0.05, 0) is 31.2 Å². The summed E-state index contributed by atoms with van der Waals surface area (Å²) in [5.74, 6) is -0.188. The quantitative estimate of drug-likeness (QED) is 0.624. The Morgan fingerprint density at radius 2 is 2.29 bits per heavy atom. The topological polar surface area (TPSA) is 38.3 Å². The normalized spacial score (nSPS) is 12.2. The second kappa shape index (κ2) is 7.35. The molecule has 1 aromatic rings. The molecule has 0 aliphatic rings. The number of rotatable bonds is 6. The Hall–Kier alpha value is -1.00. The zero-order valence-corrected chi connectivity index (χ0v) is 11.3. The van der Waals surface area contributed by atoms with Gasteiger partial charge in [0.2, 0.25) is 0 Å². The largest absolute Gasteiger partial charge is 0.468 e. The molecule has 4 heteroatoms. The maximum Gasteiger partial charge on any atom is 0.318 e. The molecule has 1 unspecified atom stereocenters. The van der Waals surface area contributed by atoms with Crippen molar-refractivity contribution in [2.24, 2.45) is 0 Å². The van der Waals surface area contributed by atoms with E-state index in [1.54, 1.807) is 0 Å². The van der Waals surface area contributed by atoms with Crippen LogP contribution in [0.5, 0.6) is 0 Å². The first-order valence-electron chi connectivity index (χ1n) is 5.71. The van der Waals surface area contributed by atoms with Crippen molar-refractivity contribution in [1.29, 1.82) is 0 Å². The van der Waals surface area contributed by atoms with Gasteiger partial charge in [-0.1, -0.05) is 19.1 Å². The molecule has 1 rings (SSSR count). The van der Waals surface area contributed by atoms with Crippen LogP contribution in [-0.4, -0.2) is 24.9 Å². The minimum absolute atomic E-state index is 0.172. The van der Waals surface area contributed by atoms with E-state index in [0.717, 1.165) is 18.0 Å². The highest BCUT2D eigenvalue weighted by atomic mass is 32.2. The fourth-order valence-corrected chi connectivity index (χ4v) is 2.39. The van der Waals surface area contributed by atoms with Gasteiger partial charge in [-0.25, -0.2) is 0 Å². The van der Waals surface area contributed by atoms with Crippen molar-refractivity contribution in [1.82, 2.24) is 5.32 Å². The molecule has 17 heavy (non-hydrogen) atoms. The molecule has 0 fully saturated rings. The van der Waals surface area contributed by atoms with Crippen LogP contribution in [0.15, 0.2) is 29.2 Å². The second-order valence-corrected chi connectivity index (χ2v) is 5.13. The van der Waals surface area contributed by atoms with Crippen LogP contribution in [0.4, 0.5) is 0 Å². The molecule has 1 atom stereocenters. The van der Waals surface area contributed by atoms with Crippen molar-refractivity contribution in [3.8, 4) is 0 Å². The van der Waals surface area contributed by atoms with Crippen LogP contribution >= 0.6 is 11.8 Å². The lowest BCUT2D eigenvalue weighted by atomic mass is 10.2. The standard InChI is InChI=1S/C13H19NO2S/c1-4-14-9-11-6-5-7-12(8-11)17-10(2)13(15)16-3/h5-8,10,14H,4,9H2,1-3H3. The van der Waals surface area contributed by atoms with Gasteiger partial charge in [-0.15, -0.1) is 11.8 Å². The molecule has 1 aromatic carbocycles. The number of esters is 1. The lowest BCUT2D eigenvalue weighted by Gasteiger charge is -2.10. The molecule has 0 amide bonds. The van der Waals surface area contributed by atoms with E-state index in [9.17, 15) is 4.79 Å². The molecule has 1 N–H and O–H groups in total. The predicted octanol–water partition coefficient (Wildman–Crippen LogP) is 2.45. The van der Waals surface area contributed by atoms with E-state index in [1.807, 2.05) is 19.1 Å². The summed E-state index contributed by atoms with van der Waals surface area (Å²) in [4.78, 5) is 12.4. The molecule has 0 aliphatic heterocycles. The summed E-state index contributed by atoms with van der Waals surface area (Å²) in [5.41, 5.74) is 1.23. The summed E-state index contributed by atoms with van der Waals surface area (Å²) in [7, 11) is 1.42. The van der Waals surface area contributed by atoms with E-state index in [2.05, 4.69) is 24.4 Å². The van der Waals surface area contributed by atoms with Crippen LogP contribution in [0.25, 0.3) is 0 Å². The number of nitrogens with one attached hydrogen (secondary N) is 1. The van der Waals surface area contributed by atoms with E-state index in [1.165, 1.54) is 24.4 Å². The van der Waals surface area contributed by atoms with Crippen LogP contribution in [0.1, 0.15) is 19.4 Å². The van der Waals surface area contributed by atoms with Crippen LogP contribution < -0.4 is 5.32 Å². The highest BCUT2D eigenvalue weighted by Gasteiger charge is 2.14. The Balaban J connectivity index is 2.62. The maximum atomic E-state index is 11.3. The van der Waals surface area contributed by atoms with Crippen molar-refractivity contribution in [3.63, 3.8) is 0 Å². The van der Waals surface area contributed by atoms with Gasteiger partial charge in [0.05, 0.1) is 7.11 Å². The lowest BCUT2D eigenvalue weighted by Crippen LogP contribution is -2.14. The fourth-order valence-electron chi connectivity index (χ4n) is 1.42. The molecule has 94 valence electrons. The summed E-state index contributed by atoms with van der Waals surface area (Å²) in [6.07, 6.45) is 0. The summed E-state index contributed by atoms with van der Waals surface area (Å²) in [6.45, 7) is 5.75. The van der Waals surface area contributed by atoms with Crippen LogP contribution in [0.2, 0.25) is 0 Å². The number of hydrogen-bond acceptors (Lipinski definition) is 4. The van der Waals surface area contributed by atoms with Crippen LogP contribution in [0, 0.1) is 0 Å². The Morgan fingerprint density at radius 3 is 2.94 bits per heavy atom. The summed E-state index contributed by atoms with van der Waals surface area (Å²) in [6, 6.07) is 8.21. The van der Waals surface area contributed by atoms with Crippen molar-refractivity contribution in [3.05, 3.63) is 29.8 Å². The van der Waals surface area contributed by atoms with Gasteiger partial charge in [-0.3, -0.25) is 4.79 Å². The molecular formula is C13H19NO2S. The third kappa shape index (κ3) is 4.79. The van der Waals surface area contributed by atoms with Gasteiger partial charge >= 0.3 is 5.97 Å². The number of methoxy groups -OCH3 is 1. The molecule has 0 heterocycles. The number of hydrogen-bond donors (Lipinski definition) is 1. The first-order chi connectivity index (χ1) is 8.17. The van der Waals surface area contributed by atoms with Crippen LogP contribution in [0.3, 0.4) is 0 Å². The average molecular weight is 253 g/mol. The molecule has 0 bridgehead atoms. The van der Waals surface area contributed by atoms with E-state index in [-0.39, 0.29) is 11.2 Å². The van der Waals surface area contributed by atoms with Crippen molar-refractivity contribution >= 4 is 17.7 Å². The highest BCUT2D eigenvalue weighted by molar-refractivity contribution is 8.00. The highest BCUT2D eigenvalue weighted by Crippen LogP contribution is 2.24. The molecule has 0 spiro atoms.